The lowest BCUT2D eigenvalue weighted by Crippen LogP contribution is -2.04. The summed E-state index contributed by atoms with van der Waals surface area (Å²) in [5.41, 5.74) is 0. The van der Waals surface area contributed by atoms with Gasteiger partial charge in [-0.05, 0) is 6.42 Å². The zero-order valence-corrected chi connectivity index (χ0v) is 8.02. The third-order valence-electron chi connectivity index (χ3n) is 1.05. The van der Waals surface area contributed by atoms with Crippen molar-refractivity contribution in [2.24, 2.45) is 0 Å². The van der Waals surface area contributed by atoms with Crippen LogP contribution in [-0.2, 0) is 14.3 Å². The Morgan fingerprint density at radius 1 is 1.45 bits per heavy atom. The number of esters is 1. The van der Waals surface area contributed by atoms with Gasteiger partial charge in [0.1, 0.15) is 5.78 Å². The van der Waals surface area contributed by atoms with Crippen LogP contribution in [0.4, 0.5) is 0 Å². The molecule has 0 rings (SSSR count). The molecule has 11 heavy (non-hydrogen) atoms. The molecule has 0 aliphatic heterocycles. The van der Waals surface area contributed by atoms with Gasteiger partial charge in [0.15, 0.2) is 0 Å². The summed E-state index contributed by atoms with van der Waals surface area (Å²) in [6, 6.07) is 0. The average Bonchev–Trinajstić information content (AvgIpc) is 1.97. The Balaban J connectivity index is 3.14. The summed E-state index contributed by atoms with van der Waals surface area (Å²) in [6.07, 6.45) is 1.09. The van der Waals surface area contributed by atoms with Crippen LogP contribution in [0.25, 0.3) is 0 Å². The van der Waals surface area contributed by atoms with E-state index >= 15 is 0 Å². The number of carbonyl (C=O) groups excluding carboxylic acids is 2. The van der Waals surface area contributed by atoms with Crippen molar-refractivity contribution >= 4 is 27.7 Å². The monoisotopic (exact) mass is 222 g/mol. The van der Waals surface area contributed by atoms with Gasteiger partial charge >= 0.3 is 5.97 Å². The van der Waals surface area contributed by atoms with Crippen molar-refractivity contribution in [3.8, 4) is 0 Å². The summed E-state index contributed by atoms with van der Waals surface area (Å²) in [4.78, 5) is 20.9. The molecule has 4 heteroatoms. The topological polar surface area (TPSA) is 43.4 Å². The molecular formula is C7H11BrO3. The van der Waals surface area contributed by atoms with Crippen molar-refractivity contribution in [2.45, 2.75) is 19.8 Å². The van der Waals surface area contributed by atoms with E-state index in [1.807, 2.05) is 0 Å². The first-order chi connectivity index (χ1) is 5.16. The highest BCUT2D eigenvalue weighted by molar-refractivity contribution is 9.09. The van der Waals surface area contributed by atoms with E-state index in [0.717, 1.165) is 0 Å². The van der Waals surface area contributed by atoms with Crippen LogP contribution in [0.3, 0.4) is 0 Å². The quantitative estimate of drug-likeness (QED) is 0.400. The molecule has 0 fully saturated rings. The van der Waals surface area contributed by atoms with Gasteiger partial charge in [0, 0.05) is 13.3 Å². The molecule has 0 atom stereocenters. The van der Waals surface area contributed by atoms with Crippen molar-refractivity contribution in [1.82, 2.24) is 0 Å². The Morgan fingerprint density at radius 2 is 2.09 bits per heavy atom. The zero-order valence-electron chi connectivity index (χ0n) is 6.43. The molecule has 0 saturated carbocycles. The minimum Gasteiger partial charge on any atom is -0.466 e. The lowest BCUT2D eigenvalue weighted by molar-refractivity contribution is -0.141. The standard InChI is InChI=1S/C7H11BrO3/c1-6(9)11-4-2-3-7(10)5-8/h2-5H2,1H3. The molecule has 0 spiro atoms. The number of ether oxygens (including phenoxy) is 1. The smallest absolute Gasteiger partial charge is 0.302 e. The van der Waals surface area contributed by atoms with Crippen LogP contribution in [-0.4, -0.2) is 23.7 Å². The van der Waals surface area contributed by atoms with E-state index in [1.54, 1.807) is 0 Å². The summed E-state index contributed by atoms with van der Waals surface area (Å²) < 4.78 is 4.63. The second-order valence-electron chi connectivity index (χ2n) is 2.12. The first kappa shape index (κ1) is 10.6. The van der Waals surface area contributed by atoms with Gasteiger partial charge in [-0.1, -0.05) is 15.9 Å². The molecule has 0 amide bonds. The fourth-order valence-corrected chi connectivity index (χ4v) is 0.832. The van der Waals surface area contributed by atoms with Gasteiger partial charge in [-0.3, -0.25) is 9.59 Å². The number of Topliss-reactive ketones (excluding diaryl/α,β-unsaturated/α-hetero) is 1. The summed E-state index contributed by atoms with van der Waals surface area (Å²) >= 11 is 3.04. The predicted molar refractivity (Wildman–Crippen MR) is 44.7 cm³/mol. The molecule has 3 nitrogen and oxygen atoms in total. The molecule has 0 aliphatic rings. The van der Waals surface area contributed by atoms with Gasteiger partial charge in [0.2, 0.25) is 0 Å². The van der Waals surface area contributed by atoms with Gasteiger partial charge in [-0.2, -0.15) is 0 Å². The van der Waals surface area contributed by atoms with E-state index < -0.39 is 0 Å². The SMILES string of the molecule is CC(=O)OCCCC(=O)CBr. The average molecular weight is 223 g/mol. The molecule has 0 unspecified atom stereocenters. The van der Waals surface area contributed by atoms with E-state index in [1.165, 1.54) is 6.92 Å². The Kier molecular flexibility index (Phi) is 6.12. The van der Waals surface area contributed by atoms with Crippen molar-refractivity contribution < 1.29 is 14.3 Å². The second kappa shape index (κ2) is 6.34. The van der Waals surface area contributed by atoms with Gasteiger partial charge in [0.05, 0.1) is 11.9 Å². The molecule has 0 aliphatic carbocycles. The molecule has 0 N–H and O–H groups in total. The van der Waals surface area contributed by atoms with E-state index in [4.69, 9.17) is 0 Å². The minimum absolute atomic E-state index is 0.136. The molecular weight excluding hydrogens is 212 g/mol. The highest BCUT2D eigenvalue weighted by Gasteiger charge is 1.99. The molecule has 0 saturated heterocycles. The molecule has 0 aromatic heterocycles. The van der Waals surface area contributed by atoms with Gasteiger partial charge in [-0.25, -0.2) is 0 Å². The number of hydrogen-bond donors (Lipinski definition) is 0. The molecule has 0 aromatic carbocycles. The van der Waals surface area contributed by atoms with E-state index in [2.05, 4.69) is 20.7 Å². The fraction of sp³-hybridized carbons (Fsp3) is 0.714. The highest BCUT2D eigenvalue weighted by Crippen LogP contribution is 1.95. The van der Waals surface area contributed by atoms with Crippen LogP contribution in [0, 0.1) is 0 Å². The largest absolute Gasteiger partial charge is 0.466 e. The van der Waals surface area contributed by atoms with Crippen LogP contribution in [0.5, 0.6) is 0 Å². The normalized spacial score (nSPS) is 9.27. The van der Waals surface area contributed by atoms with Crippen molar-refractivity contribution in [3.63, 3.8) is 0 Å². The Hall–Kier alpha value is -0.380. The highest BCUT2D eigenvalue weighted by atomic mass is 79.9. The van der Waals surface area contributed by atoms with E-state index in [9.17, 15) is 9.59 Å². The van der Waals surface area contributed by atoms with Crippen molar-refractivity contribution in [3.05, 3.63) is 0 Å². The van der Waals surface area contributed by atoms with Crippen LogP contribution in [0.15, 0.2) is 0 Å². The maximum absolute atomic E-state index is 10.7. The minimum atomic E-state index is -0.295. The van der Waals surface area contributed by atoms with Crippen molar-refractivity contribution in [2.75, 3.05) is 11.9 Å². The molecule has 0 aromatic rings. The van der Waals surface area contributed by atoms with Crippen LogP contribution in [0.1, 0.15) is 19.8 Å². The number of hydrogen-bond acceptors (Lipinski definition) is 3. The molecule has 0 bridgehead atoms. The third kappa shape index (κ3) is 7.52. The first-order valence-electron chi connectivity index (χ1n) is 3.38. The Bertz CT molecular complexity index is 145. The predicted octanol–water partition coefficient (Wildman–Crippen LogP) is 1.29. The Morgan fingerprint density at radius 3 is 2.55 bits per heavy atom. The first-order valence-corrected chi connectivity index (χ1v) is 4.50. The molecule has 0 radical (unpaired) electrons. The van der Waals surface area contributed by atoms with Crippen LogP contribution >= 0.6 is 15.9 Å². The number of carbonyl (C=O) groups is 2. The lowest BCUT2D eigenvalue weighted by Gasteiger charge is -1.98. The summed E-state index contributed by atoms with van der Waals surface area (Å²) in [6.45, 7) is 1.69. The second-order valence-corrected chi connectivity index (χ2v) is 2.68. The molecule has 0 heterocycles. The van der Waals surface area contributed by atoms with Crippen LogP contribution in [0.2, 0.25) is 0 Å². The van der Waals surface area contributed by atoms with Gasteiger partial charge in [-0.15, -0.1) is 0 Å². The fourth-order valence-electron chi connectivity index (χ4n) is 0.552. The van der Waals surface area contributed by atoms with Crippen molar-refractivity contribution in [1.29, 1.82) is 0 Å². The van der Waals surface area contributed by atoms with E-state index in [0.29, 0.717) is 24.8 Å². The van der Waals surface area contributed by atoms with Gasteiger partial charge in [0.25, 0.3) is 0 Å². The number of alkyl halides is 1. The summed E-state index contributed by atoms with van der Waals surface area (Å²) in [5.74, 6) is -0.159. The number of halogens is 1. The van der Waals surface area contributed by atoms with Crippen LogP contribution < -0.4 is 0 Å². The lowest BCUT2D eigenvalue weighted by atomic mass is 10.2. The Labute approximate surface area is 74.2 Å². The molecule has 64 valence electrons. The number of ketones is 1. The summed E-state index contributed by atoms with van der Waals surface area (Å²) in [7, 11) is 0. The van der Waals surface area contributed by atoms with E-state index in [-0.39, 0.29) is 11.8 Å². The third-order valence-corrected chi connectivity index (χ3v) is 1.68. The summed E-state index contributed by atoms with van der Waals surface area (Å²) in [5, 5.41) is 0.382. The maximum Gasteiger partial charge on any atom is 0.302 e. The number of rotatable bonds is 5. The maximum atomic E-state index is 10.7. The zero-order chi connectivity index (χ0) is 8.69. The van der Waals surface area contributed by atoms with Gasteiger partial charge < -0.3 is 4.74 Å².